The van der Waals surface area contributed by atoms with Crippen LogP contribution in [0.3, 0.4) is 0 Å². The molecule has 0 unspecified atom stereocenters. The minimum absolute atomic E-state index is 0.0695. The molecule has 2 rings (SSSR count). The number of hydrogen-bond acceptors (Lipinski definition) is 4. The van der Waals surface area contributed by atoms with Crippen LogP contribution < -0.4 is 5.32 Å². The summed E-state index contributed by atoms with van der Waals surface area (Å²) in [6.45, 7) is 3.06. The first-order valence-electron chi connectivity index (χ1n) is 6.51. The first-order chi connectivity index (χ1) is 9.97. The van der Waals surface area contributed by atoms with E-state index in [0.29, 0.717) is 19.5 Å². The van der Waals surface area contributed by atoms with Crippen LogP contribution in [0.15, 0.2) is 18.6 Å². The van der Waals surface area contributed by atoms with E-state index in [1.807, 2.05) is 13.1 Å². The zero-order valence-corrected chi connectivity index (χ0v) is 11.9. The lowest BCUT2D eigenvalue weighted by Gasteiger charge is -2.04. The number of aromatic carboxylic acids is 1. The molecule has 0 saturated heterocycles. The van der Waals surface area contributed by atoms with Crippen LogP contribution in [0.2, 0.25) is 0 Å². The van der Waals surface area contributed by atoms with Crippen molar-refractivity contribution in [2.45, 2.75) is 19.9 Å². The molecule has 0 fully saturated rings. The maximum Gasteiger partial charge on any atom is 0.339 e. The van der Waals surface area contributed by atoms with Gasteiger partial charge in [-0.3, -0.25) is 14.2 Å². The van der Waals surface area contributed by atoms with Gasteiger partial charge in [-0.15, -0.1) is 0 Å². The summed E-state index contributed by atoms with van der Waals surface area (Å²) in [4.78, 5) is 22.9. The van der Waals surface area contributed by atoms with Crippen LogP contribution in [0.1, 0.15) is 32.8 Å². The lowest BCUT2D eigenvalue weighted by Crippen LogP contribution is -2.27. The van der Waals surface area contributed by atoms with E-state index in [9.17, 15) is 9.59 Å². The largest absolute Gasteiger partial charge is 0.478 e. The molecule has 1 amide bonds. The Morgan fingerprint density at radius 1 is 1.38 bits per heavy atom. The number of nitrogens with zero attached hydrogens (tertiary/aromatic N) is 4. The second kappa shape index (κ2) is 6.21. The fourth-order valence-electron chi connectivity index (χ4n) is 1.93. The van der Waals surface area contributed by atoms with Gasteiger partial charge in [0.05, 0.1) is 6.20 Å². The van der Waals surface area contributed by atoms with E-state index in [2.05, 4.69) is 15.5 Å². The predicted octanol–water partition coefficient (Wildman–Crippen LogP) is 0.443. The van der Waals surface area contributed by atoms with Gasteiger partial charge >= 0.3 is 5.97 Å². The molecule has 2 aromatic rings. The van der Waals surface area contributed by atoms with Crippen LogP contribution in [0.4, 0.5) is 0 Å². The number of carboxylic acid groups (broad SMARTS) is 1. The topological polar surface area (TPSA) is 102 Å². The van der Waals surface area contributed by atoms with Gasteiger partial charge in [0.1, 0.15) is 5.56 Å². The van der Waals surface area contributed by atoms with E-state index >= 15 is 0 Å². The number of hydrogen-bond donors (Lipinski definition) is 2. The number of carboxylic acids is 1. The van der Waals surface area contributed by atoms with Crippen LogP contribution in [0.25, 0.3) is 0 Å². The maximum absolute atomic E-state index is 11.9. The fourth-order valence-corrected chi connectivity index (χ4v) is 1.93. The zero-order chi connectivity index (χ0) is 15.4. The monoisotopic (exact) mass is 291 g/mol. The molecule has 2 heterocycles. The highest BCUT2D eigenvalue weighted by Crippen LogP contribution is 2.06. The molecular weight excluding hydrogens is 274 g/mol. The van der Waals surface area contributed by atoms with Gasteiger partial charge in [-0.1, -0.05) is 0 Å². The van der Waals surface area contributed by atoms with Crippen molar-refractivity contribution in [1.29, 1.82) is 0 Å². The Morgan fingerprint density at radius 2 is 2.14 bits per heavy atom. The summed E-state index contributed by atoms with van der Waals surface area (Å²) >= 11 is 0. The van der Waals surface area contributed by atoms with Crippen molar-refractivity contribution >= 4 is 11.9 Å². The zero-order valence-electron chi connectivity index (χ0n) is 11.9. The lowest BCUT2D eigenvalue weighted by molar-refractivity contribution is 0.0691. The van der Waals surface area contributed by atoms with Crippen LogP contribution >= 0.6 is 0 Å². The maximum atomic E-state index is 11.9. The first-order valence-corrected chi connectivity index (χ1v) is 6.51. The third-order valence-corrected chi connectivity index (χ3v) is 2.89. The highest BCUT2D eigenvalue weighted by atomic mass is 16.4. The summed E-state index contributed by atoms with van der Waals surface area (Å²) in [5, 5.41) is 19.7. The molecule has 0 aliphatic rings. The van der Waals surface area contributed by atoms with E-state index in [0.717, 1.165) is 5.56 Å². The summed E-state index contributed by atoms with van der Waals surface area (Å²) in [5.74, 6) is -1.65. The molecule has 2 N–H and O–H groups in total. The molecule has 0 spiro atoms. The van der Waals surface area contributed by atoms with Gasteiger partial charge in [0.2, 0.25) is 0 Å². The van der Waals surface area contributed by atoms with Crippen LogP contribution in [0, 0.1) is 6.92 Å². The molecule has 0 bridgehead atoms. The fraction of sp³-hybridized carbons (Fsp3) is 0.385. The van der Waals surface area contributed by atoms with Crippen LogP contribution in [0.5, 0.6) is 0 Å². The molecule has 8 nitrogen and oxygen atoms in total. The number of aromatic nitrogens is 4. The SMILES string of the molecule is Cc1cnn(CCCNC(=O)c2nn(C)cc2C(=O)O)c1. The molecule has 0 aliphatic heterocycles. The second-order valence-electron chi connectivity index (χ2n) is 4.76. The lowest BCUT2D eigenvalue weighted by atomic mass is 10.2. The molecule has 0 radical (unpaired) electrons. The first kappa shape index (κ1) is 14.8. The number of carbonyl (C=O) groups excluding carboxylic acids is 1. The summed E-state index contributed by atoms with van der Waals surface area (Å²) in [6, 6.07) is 0. The quantitative estimate of drug-likeness (QED) is 0.752. The highest BCUT2D eigenvalue weighted by molar-refractivity contribution is 6.03. The summed E-state index contributed by atoms with van der Waals surface area (Å²) in [6.07, 6.45) is 5.70. The molecule has 0 atom stereocenters. The summed E-state index contributed by atoms with van der Waals surface area (Å²) in [7, 11) is 1.57. The Kier molecular flexibility index (Phi) is 4.36. The number of nitrogens with one attached hydrogen (secondary N) is 1. The molecule has 0 saturated carbocycles. The van der Waals surface area contributed by atoms with E-state index < -0.39 is 11.9 Å². The third-order valence-electron chi connectivity index (χ3n) is 2.89. The van der Waals surface area contributed by atoms with Gasteiger partial charge in [0.25, 0.3) is 5.91 Å². The Labute approximate surface area is 121 Å². The molecule has 2 aromatic heterocycles. The van der Waals surface area contributed by atoms with Crippen molar-refractivity contribution in [2.24, 2.45) is 7.05 Å². The van der Waals surface area contributed by atoms with Crippen molar-refractivity contribution in [3.63, 3.8) is 0 Å². The van der Waals surface area contributed by atoms with Gasteiger partial charge in [-0.2, -0.15) is 10.2 Å². The van der Waals surface area contributed by atoms with Gasteiger partial charge in [0, 0.05) is 32.5 Å². The summed E-state index contributed by atoms with van der Waals surface area (Å²) in [5.41, 5.74) is 0.913. The predicted molar refractivity (Wildman–Crippen MR) is 74.1 cm³/mol. The minimum Gasteiger partial charge on any atom is -0.478 e. The number of carbonyl (C=O) groups is 2. The van der Waals surface area contributed by atoms with Crippen LogP contribution in [-0.2, 0) is 13.6 Å². The third kappa shape index (κ3) is 3.68. The van der Waals surface area contributed by atoms with E-state index in [1.165, 1.54) is 10.9 Å². The van der Waals surface area contributed by atoms with Crippen molar-refractivity contribution in [3.8, 4) is 0 Å². The average molecular weight is 291 g/mol. The summed E-state index contributed by atoms with van der Waals surface area (Å²) < 4.78 is 3.11. The molecule has 112 valence electrons. The Balaban J connectivity index is 1.86. The molecule has 8 heteroatoms. The van der Waals surface area contributed by atoms with Crippen molar-refractivity contribution in [3.05, 3.63) is 35.4 Å². The van der Waals surface area contributed by atoms with Gasteiger partial charge in [-0.25, -0.2) is 4.79 Å². The van der Waals surface area contributed by atoms with Crippen molar-refractivity contribution in [1.82, 2.24) is 24.9 Å². The Hall–Kier alpha value is -2.64. The number of rotatable bonds is 6. The second-order valence-corrected chi connectivity index (χ2v) is 4.76. The van der Waals surface area contributed by atoms with Gasteiger partial charge in [0.15, 0.2) is 5.69 Å². The Morgan fingerprint density at radius 3 is 2.76 bits per heavy atom. The molecule has 21 heavy (non-hydrogen) atoms. The van der Waals surface area contributed by atoms with E-state index in [4.69, 9.17) is 5.11 Å². The van der Waals surface area contributed by atoms with Crippen molar-refractivity contribution < 1.29 is 14.7 Å². The minimum atomic E-state index is -1.17. The number of aryl methyl sites for hydroxylation is 3. The van der Waals surface area contributed by atoms with E-state index in [1.54, 1.807) is 17.9 Å². The molecule has 0 aliphatic carbocycles. The normalized spacial score (nSPS) is 10.6. The van der Waals surface area contributed by atoms with Crippen LogP contribution in [-0.4, -0.2) is 43.1 Å². The average Bonchev–Trinajstić information content (AvgIpc) is 3.00. The molecule has 0 aromatic carbocycles. The standard InChI is InChI=1S/C13H17N5O3/c1-9-6-15-18(7-9)5-3-4-14-12(19)11-10(13(20)21)8-17(2)16-11/h6-8H,3-5H2,1-2H3,(H,14,19)(H,20,21). The van der Waals surface area contributed by atoms with Gasteiger partial charge < -0.3 is 10.4 Å². The van der Waals surface area contributed by atoms with Crippen molar-refractivity contribution in [2.75, 3.05) is 6.54 Å². The Bertz CT molecular complexity index is 659. The molecular formula is C13H17N5O3. The highest BCUT2D eigenvalue weighted by Gasteiger charge is 2.20. The smallest absolute Gasteiger partial charge is 0.339 e. The number of amides is 1. The van der Waals surface area contributed by atoms with Gasteiger partial charge in [-0.05, 0) is 18.9 Å². The van der Waals surface area contributed by atoms with E-state index in [-0.39, 0.29) is 11.3 Å².